The fraction of sp³-hybridized carbons (Fsp3) is 0.176. The standard InChI is InChI=1S/C17H16N4O5/c1-17(16(22)23)11-18-20(19-17)13-7-8-15(14(9-13)21(24)25)26-10-12-5-3-2-4-6-12/h2-9,11,19H,10H2,1H3,(H,22,23). The SMILES string of the molecule is CC1(C(=O)O)C=NN(c2ccc(OCc3ccccc3)c([N+](=O)[O-])c2)N1. The number of aliphatic carboxylic acids is 1. The molecule has 0 aliphatic carbocycles. The van der Waals surface area contributed by atoms with E-state index in [0.29, 0.717) is 5.69 Å². The summed E-state index contributed by atoms with van der Waals surface area (Å²) in [6.07, 6.45) is 1.22. The highest BCUT2D eigenvalue weighted by molar-refractivity contribution is 6.00. The fourth-order valence-corrected chi connectivity index (χ4v) is 2.32. The van der Waals surface area contributed by atoms with Crippen molar-refractivity contribution in [3.63, 3.8) is 0 Å². The van der Waals surface area contributed by atoms with Crippen molar-refractivity contribution >= 4 is 23.6 Å². The maximum atomic E-state index is 11.4. The van der Waals surface area contributed by atoms with Crippen LogP contribution in [0.2, 0.25) is 0 Å². The van der Waals surface area contributed by atoms with Crippen molar-refractivity contribution in [2.75, 3.05) is 5.12 Å². The second-order valence-electron chi connectivity index (χ2n) is 5.86. The molecule has 9 heteroatoms. The fourth-order valence-electron chi connectivity index (χ4n) is 2.32. The van der Waals surface area contributed by atoms with Crippen molar-refractivity contribution in [3.05, 3.63) is 64.2 Å². The minimum Gasteiger partial charge on any atom is -0.482 e. The molecule has 0 amide bonds. The van der Waals surface area contributed by atoms with E-state index in [1.54, 1.807) is 6.07 Å². The maximum Gasteiger partial charge on any atom is 0.331 e. The van der Waals surface area contributed by atoms with Gasteiger partial charge in [-0.25, -0.2) is 4.79 Å². The van der Waals surface area contributed by atoms with Gasteiger partial charge in [-0.15, -0.1) is 0 Å². The van der Waals surface area contributed by atoms with E-state index in [9.17, 15) is 20.0 Å². The monoisotopic (exact) mass is 356 g/mol. The molecule has 26 heavy (non-hydrogen) atoms. The number of nitrogens with one attached hydrogen (secondary N) is 1. The largest absolute Gasteiger partial charge is 0.482 e. The van der Waals surface area contributed by atoms with Gasteiger partial charge in [0, 0.05) is 6.07 Å². The summed E-state index contributed by atoms with van der Waals surface area (Å²) in [7, 11) is 0. The molecule has 0 fully saturated rings. The lowest BCUT2D eigenvalue weighted by atomic mass is 10.1. The molecular weight excluding hydrogens is 340 g/mol. The Bertz CT molecular complexity index is 871. The number of rotatable bonds is 6. The van der Waals surface area contributed by atoms with Crippen LogP contribution < -0.4 is 15.3 Å². The number of hydrogen-bond acceptors (Lipinski definition) is 7. The molecular formula is C17H16N4O5. The van der Waals surface area contributed by atoms with Crippen molar-refractivity contribution in [1.29, 1.82) is 0 Å². The van der Waals surface area contributed by atoms with Gasteiger partial charge in [0.2, 0.25) is 0 Å². The summed E-state index contributed by atoms with van der Waals surface area (Å²) in [4.78, 5) is 22.1. The average molecular weight is 356 g/mol. The van der Waals surface area contributed by atoms with E-state index >= 15 is 0 Å². The lowest BCUT2D eigenvalue weighted by Gasteiger charge is -2.21. The first-order valence-corrected chi connectivity index (χ1v) is 7.71. The summed E-state index contributed by atoms with van der Waals surface area (Å²) < 4.78 is 5.57. The number of hydrazine groups is 1. The van der Waals surface area contributed by atoms with E-state index in [2.05, 4.69) is 10.5 Å². The highest BCUT2D eigenvalue weighted by Crippen LogP contribution is 2.33. The molecule has 0 bridgehead atoms. The Labute approximate surface area is 148 Å². The molecule has 2 aromatic rings. The predicted octanol–water partition coefficient (Wildman–Crippen LogP) is 2.33. The zero-order chi connectivity index (χ0) is 18.7. The molecule has 0 spiro atoms. The van der Waals surface area contributed by atoms with Crippen LogP contribution in [0.4, 0.5) is 11.4 Å². The molecule has 0 saturated heterocycles. The van der Waals surface area contributed by atoms with Crippen LogP contribution in [0, 0.1) is 10.1 Å². The van der Waals surface area contributed by atoms with Crippen LogP contribution in [0.5, 0.6) is 5.75 Å². The number of nitro groups is 1. The lowest BCUT2D eigenvalue weighted by molar-refractivity contribution is -0.385. The molecule has 1 unspecified atom stereocenters. The first-order valence-electron chi connectivity index (χ1n) is 7.71. The molecule has 1 atom stereocenters. The van der Waals surface area contributed by atoms with Gasteiger partial charge in [0.1, 0.15) is 6.61 Å². The van der Waals surface area contributed by atoms with Gasteiger partial charge in [0.15, 0.2) is 11.3 Å². The quantitative estimate of drug-likeness (QED) is 0.602. The highest BCUT2D eigenvalue weighted by Gasteiger charge is 2.38. The molecule has 3 rings (SSSR count). The van der Waals surface area contributed by atoms with Crippen LogP contribution in [-0.2, 0) is 11.4 Å². The number of anilines is 1. The van der Waals surface area contributed by atoms with Gasteiger partial charge < -0.3 is 9.84 Å². The van der Waals surface area contributed by atoms with Gasteiger partial charge in [-0.3, -0.25) is 10.1 Å². The topological polar surface area (TPSA) is 117 Å². The van der Waals surface area contributed by atoms with Crippen molar-refractivity contribution < 1.29 is 19.6 Å². The van der Waals surface area contributed by atoms with Gasteiger partial charge in [-0.1, -0.05) is 30.3 Å². The van der Waals surface area contributed by atoms with E-state index in [-0.39, 0.29) is 18.0 Å². The third kappa shape index (κ3) is 3.47. The van der Waals surface area contributed by atoms with Crippen molar-refractivity contribution in [3.8, 4) is 5.75 Å². The molecule has 1 aliphatic rings. The van der Waals surface area contributed by atoms with Crippen LogP contribution in [-0.4, -0.2) is 27.8 Å². The van der Waals surface area contributed by atoms with Crippen LogP contribution in [0.25, 0.3) is 0 Å². The number of carboxylic acids is 1. The zero-order valence-electron chi connectivity index (χ0n) is 13.8. The number of carbonyl (C=O) groups is 1. The maximum absolute atomic E-state index is 11.4. The van der Waals surface area contributed by atoms with Gasteiger partial charge in [-0.05, 0) is 24.6 Å². The normalized spacial score (nSPS) is 18.7. The van der Waals surface area contributed by atoms with Crippen molar-refractivity contribution in [1.82, 2.24) is 5.43 Å². The Hall–Kier alpha value is -3.46. The Morgan fingerprint density at radius 1 is 1.35 bits per heavy atom. The summed E-state index contributed by atoms with van der Waals surface area (Å²) in [5, 5.41) is 25.7. The summed E-state index contributed by atoms with van der Waals surface area (Å²) >= 11 is 0. The van der Waals surface area contributed by atoms with Crippen LogP contribution >= 0.6 is 0 Å². The number of carboxylic acid groups (broad SMARTS) is 1. The minimum atomic E-state index is -1.38. The van der Waals surface area contributed by atoms with E-state index in [1.807, 2.05) is 30.3 Å². The second kappa shape index (κ2) is 6.81. The Morgan fingerprint density at radius 3 is 2.69 bits per heavy atom. The smallest absolute Gasteiger partial charge is 0.331 e. The molecule has 0 radical (unpaired) electrons. The lowest BCUT2D eigenvalue weighted by Crippen LogP contribution is -2.51. The number of nitro benzene ring substituents is 1. The molecule has 1 aliphatic heterocycles. The molecule has 9 nitrogen and oxygen atoms in total. The summed E-state index contributed by atoms with van der Waals surface area (Å²) in [6.45, 7) is 1.63. The third-order valence-corrected chi connectivity index (χ3v) is 3.83. The Morgan fingerprint density at radius 2 is 2.08 bits per heavy atom. The second-order valence-corrected chi connectivity index (χ2v) is 5.86. The molecule has 0 aromatic heterocycles. The Kier molecular flexibility index (Phi) is 4.55. The van der Waals surface area contributed by atoms with Gasteiger partial charge in [-0.2, -0.15) is 15.6 Å². The van der Waals surface area contributed by atoms with Crippen LogP contribution in [0.15, 0.2) is 53.6 Å². The number of ether oxygens (including phenoxy) is 1. The van der Waals surface area contributed by atoms with Gasteiger partial charge in [0.25, 0.3) is 0 Å². The number of hydrogen-bond donors (Lipinski definition) is 2. The van der Waals surface area contributed by atoms with E-state index < -0.39 is 16.4 Å². The Balaban J connectivity index is 1.80. The van der Waals surface area contributed by atoms with E-state index in [0.717, 1.165) is 5.56 Å². The molecule has 2 aromatic carbocycles. The number of hydrazone groups is 1. The molecule has 0 saturated carbocycles. The molecule has 2 N–H and O–H groups in total. The van der Waals surface area contributed by atoms with Gasteiger partial charge >= 0.3 is 11.7 Å². The predicted molar refractivity (Wildman–Crippen MR) is 94.0 cm³/mol. The van der Waals surface area contributed by atoms with Crippen LogP contribution in [0.3, 0.4) is 0 Å². The summed E-state index contributed by atoms with van der Waals surface area (Å²) in [5.41, 5.74) is 2.27. The molecule has 134 valence electrons. The number of benzene rings is 2. The first-order chi connectivity index (χ1) is 12.4. The third-order valence-electron chi connectivity index (χ3n) is 3.83. The average Bonchev–Trinajstić information content (AvgIpc) is 3.04. The first kappa shape index (κ1) is 17.4. The van der Waals surface area contributed by atoms with Gasteiger partial charge in [0.05, 0.1) is 16.8 Å². The molecule has 1 heterocycles. The van der Waals surface area contributed by atoms with E-state index in [1.165, 1.54) is 30.4 Å². The van der Waals surface area contributed by atoms with Crippen LogP contribution in [0.1, 0.15) is 12.5 Å². The highest BCUT2D eigenvalue weighted by atomic mass is 16.6. The van der Waals surface area contributed by atoms with E-state index in [4.69, 9.17) is 4.74 Å². The minimum absolute atomic E-state index is 0.117. The van der Waals surface area contributed by atoms with Crippen molar-refractivity contribution in [2.24, 2.45) is 5.10 Å². The zero-order valence-corrected chi connectivity index (χ0v) is 13.8. The summed E-state index contributed by atoms with van der Waals surface area (Å²) in [5.74, 6) is -0.993. The summed E-state index contributed by atoms with van der Waals surface area (Å²) in [6, 6.07) is 13.6. The van der Waals surface area contributed by atoms with Crippen molar-refractivity contribution in [2.45, 2.75) is 19.1 Å². The number of nitrogens with zero attached hydrogens (tertiary/aromatic N) is 3.